The van der Waals surface area contributed by atoms with Gasteiger partial charge < -0.3 is 4.90 Å². The van der Waals surface area contributed by atoms with Crippen molar-refractivity contribution in [2.75, 3.05) is 18.0 Å². The van der Waals surface area contributed by atoms with E-state index in [-0.39, 0.29) is 9.92 Å². The summed E-state index contributed by atoms with van der Waals surface area (Å²) < 4.78 is 27.0. The maximum atomic E-state index is 13.0. The summed E-state index contributed by atoms with van der Waals surface area (Å²) in [6.07, 6.45) is 1.10. The molecule has 9 heteroatoms. The Morgan fingerprint density at radius 1 is 1.07 bits per heavy atom. The van der Waals surface area contributed by atoms with E-state index in [0.717, 1.165) is 20.9 Å². The van der Waals surface area contributed by atoms with Crippen molar-refractivity contribution >= 4 is 65.4 Å². The fourth-order valence-electron chi connectivity index (χ4n) is 3.39. The van der Waals surface area contributed by atoms with Crippen LogP contribution >= 0.6 is 50.5 Å². The molecule has 0 bridgehead atoms. The molecule has 1 fully saturated rings. The van der Waals surface area contributed by atoms with E-state index in [4.69, 9.17) is 28.2 Å². The summed E-state index contributed by atoms with van der Waals surface area (Å²) in [7, 11) is -3.44. The lowest BCUT2D eigenvalue weighted by Gasteiger charge is -2.31. The highest BCUT2D eigenvalue weighted by Crippen LogP contribution is 2.33. The van der Waals surface area contributed by atoms with Gasteiger partial charge in [-0.1, -0.05) is 51.3 Å². The molecule has 152 valence electrons. The smallest absolute Gasteiger partial charge is 0.185 e. The van der Waals surface area contributed by atoms with E-state index in [1.54, 1.807) is 11.3 Å². The minimum Gasteiger partial charge on any atom is -0.348 e. The van der Waals surface area contributed by atoms with Crippen LogP contribution in [0.25, 0.3) is 11.3 Å². The van der Waals surface area contributed by atoms with Crippen LogP contribution in [0.1, 0.15) is 12.8 Å². The summed E-state index contributed by atoms with van der Waals surface area (Å²) >= 11 is 17.0. The Hall–Kier alpha value is -1.12. The monoisotopic (exact) mass is 530 g/mol. The Labute approximate surface area is 192 Å². The Balaban J connectivity index is 1.46. The van der Waals surface area contributed by atoms with E-state index in [1.807, 2.05) is 29.6 Å². The van der Waals surface area contributed by atoms with Crippen LogP contribution in [-0.4, -0.2) is 31.7 Å². The van der Waals surface area contributed by atoms with Crippen LogP contribution in [0.2, 0.25) is 10.0 Å². The molecule has 0 amide bonds. The van der Waals surface area contributed by atoms with Crippen LogP contribution in [0.5, 0.6) is 0 Å². The molecule has 0 saturated carbocycles. The topological polar surface area (TPSA) is 50.3 Å². The number of anilines is 1. The predicted molar refractivity (Wildman–Crippen MR) is 124 cm³/mol. The fourth-order valence-corrected chi connectivity index (χ4v) is 6.80. The number of benzene rings is 2. The summed E-state index contributed by atoms with van der Waals surface area (Å²) in [5, 5.41) is 3.14. The van der Waals surface area contributed by atoms with E-state index in [9.17, 15) is 8.42 Å². The van der Waals surface area contributed by atoms with Gasteiger partial charge in [-0.15, -0.1) is 11.3 Å². The van der Waals surface area contributed by atoms with Crippen LogP contribution in [0.15, 0.2) is 57.2 Å². The highest BCUT2D eigenvalue weighted by atomic mass is 79.9. The van der Waals surface area contributed by atoms with Gasteiger partial charge in [0.25, 0.3) is 0 Å². The predicted octanol–water partition coefficient (Wildman–Crippen LogP) is 6.32. The number of thiazole rings is 1. The molecule has 0 unspecified atom stereocenters. The second kappa shape index (κ2) is 8.55. The number of piperidine rings is 1. The van der Waals surface area contributed by atoms with Gasteiger partial charge in [-0.25, -0.2) is 13.4 Å². The Morgan fingerprint density at radius 2 is 1.83 bits per heavy atom. The fraction of sp³-hybridized carbons (Fsp3) is 0.250. The molecule has 3 aromatic rings. The SMILES string of the molecule is O=S(=O)(c1ccc(Cl)c(Cl)c1)C1CCN(c2nc(-c3cccc(Br)c3)cs2)CC1. The average Bonchev–Trinajstić information content (AvgIpc) is 3.20. The zero-order chi connectivity index (χ0) is 20.6. The number of sulfone groups is 1. The maximum Gasteiger partial charge on any atom is 0.185 e. The number of halogens is 3. The molecule has 1 aromatic heterocycles. The van der Waals surface area contributed by atoms with Gasteiger partial charge in [0.15, 0.2) is 15.0 Å². The summed E-state index contributed by atoms with van der Waals surface area (Å²) in [6, 6.07) is 12.5. The van der Waals surface area contributed by atoms with E-state index in [0.29, 0.717) is 31.0 Å². The molecule has 4 rings (SSSR count). The standard InChI is InChI=1S/C20H17BrCl2N2O2S2/c21-14-3-1-2-13(10-14)19-12-28-20(24-19)25-8-6-15(7-9-25)29(26,27)16-4-5-17(22)18(23)11-16/h1-5,10-12,15H,6-9H2. The molecule has 0 radical (unpaired) electrons. The van der Waals surface area contributed by atoms with Crippen molar-refractivity contribution < 1.29 is 8.42 Å². The number of hydrogen-bond donors (Lipinski definition) is 0. The maximum absolute atomic E-state index is 13.0. The molecule has 1 aliphatic heterocycles. The van der Waals surface area contributed by atoms with Crippen LogP contribution in [0.3, 0.4) is 0 Å². The molecular weight excluding hydrogens is 515 g/mol. The minimum absolute atomic E-state index is 0.233. The van der Waals surface area contributed by atoms with E-state index < -0.39 is 15.1 Å². The average molecular weight is 532 g/mol. The molecule has 0 spiro atoms. The van der Waals surface area contributed by atoms with Gasteiger partial charge in [0, 0.05) is 28.5 Å². The summed E-state index contributed by atoms with van der Waals surface area (Å²) in [5.41, 5.74) is 1.98. The molecule has 0 aliphatic carbocycles. The van der Waals surface area contributed by atoms with E-state index in [2.05, 4.69) is 20.8 Å². The van der Waals surface area contributed by atoms with Crippen molar-refractivity contribution in [3.05, 3.63) is 62.4 Å². The molecule has 0 atom stereocenters. The lowest BCUT2D eigenvalue weighted by Crippen LogP contribution is -2.39. The third kappa shape index (κ3) is 4.49. The molecule has 1 saturated heterocycles. The van der Waals surface area contributed by atoms with Gasteiger partial charge in [-0.3, -0.25) is 0 Å². The van der Waals surface area contributed by atoms with Crippen molar-refractivity contribution in [2.24, 2.45) is 0 Å². The van der Waals surface area contributed by atoms with Crippen LogP contribution in [0, 0.1) is 0 Å². The van der Waals surface area contributed by atoms with Crippen LogP contribution < -0.4 is 4.90 Å². The van der Waals surface area contributed by atoms with Gasteiger partial charge in [0.2, 0.25) is 0 Å². The summed E-state index contributed by atoms with van der Waals surface area (Å²) in [6.45, 7) is 1.30. The second-order valence-electron chi connectivity index (χ2n) is 6.83. The van der Waals surface area contributed by atoms with Gasteiger partial charge in [-0.05, 0) is 43.2 Å². The quantitative estimate of drug-likeness (QED) is 0.395. The summed E-state index contributed by atoms with van der Waals surface area (Å²) in [5.74, 6) is 0. The van der Waals surface area contributed by atoms with Gasteiger partial charge >= 0.3 is 0 Å². The molecular formula is C20H17BrCl2N2O2S2. The van der Waals surface area contributed by atoms with Crippen LogP contribution in [0.4, 0.5) is 5.13 Å². The van der Waals surface area contributed by atoms with E-state index in [1.165, 1.54) is 18.2 Å². The van der Waals surface area contributed by atoms with Crippen LogP contribution in [-0.2, 0) is 9.84 Å². The number of aromatic nitrogens is 1. The van der Waals surface area contributed by atoms with Crippen molar-refractivity contribution in [2.45, 2.75) is 23.0 Å². The number of rotatable bonds is 4. The Kier molecular flexibility index (Phi) is 6.23. The molecule has 29 heavy (non-hydrogen) atoms. The molecule has 2 aromatic carbocycles. The van der Waals surface area contributed by atoms with Crippen molar-refractivity contribution in [3.63, 3.8) is 0 Å². The Bertz CT molecular complexity index is 1140. The lowest BCUT2D eigenvalue weighted by atomic mass is 10.1. The first kappa shape index (κ1) is 21.1. The molecule has 0 N–H and O–H groups in total. The third-order valence-corrected chi connectivity index (χ3v) is 9.38. The second-order valence-corrected chi connectivity index (χ2v) is 11.6. The minimum atomic E-state index is -3.44. The summed E-state index contributed by atoms with van der Waals surface area (Å²) in [4.78, 5) is 7.15. The van der Waals surface area contributed by atoms with Gasteiger partial charge in [0.05, 0.1) is 25.9 Å². The van der Waals surface area contributed by atoms with Crippen molar-refractivity contribution in [1.29, 1.82) is 0 Å². The number of hydrogen-bond acceptors (Lipinski definition) is 5. The largest absolute Gasteiger partial charge is 0.348 e. The highest BCUT2D eigenvalue weighted by Gasteiger charge is 2.32. The van der Waals surface area contributed by atoms with Gasteiger partial charge in [-0.2, -0.15) is 0 Å². The third-order valence-electron chi connectivity index (χ3n) is 4.98. The van der Waals surface area contributed by atoms with Crippen molar-refractivity contribution in [3.8, 4) is 11.3 Å². The van der Waals surface area contributed by atoms with E-state index >= 15 is 0 Å². The number of nitrogens with zero attached hydrogens (tertiary/aromatic N) is 2. The first-order chi connectivity index (χ1) is 13.8. The van der Waals surface area contributed by atoms with Crippen molar-refractivity contribution in [1.82, 2.24) is 4.98 Å². The zero-order valence-corrected chi connectivity index (χ0v) is 19.9. The van der Waals surface area contributed by atoms with Gasteiger partial charge in [0.1, 0.15) is 0 Å². The highest BCUT2D eigenvalue weighted by molar-refractivity contribution is 9.10. The molecule has 4 nitrogen and oxygen atoms in total. The lowest BCUT2D eigenvalue weighted by molar-refractivity contribution is 0.529. The first-order valence-electron chi connectivity index (χ1n) is 9.00. The Morgan fingerprint density at radius 3 is 2.52 bits per heavy atom. The molecule has 1 aliphatic rings. The first-order valence-corrected chi connectivity index (χ1v) is 13.0. The zero-order valence-electron chi connectivity index (χ0n) is 15.2. The molecule has 2 heterocycles. The normalized spacial score (nSPS) is 15.6.